The van der Waals surface area contributed by atoms with Crippen LogP contribution in [-0.4, -0.2) is 36.3 Å². The molecular formula is C13H24N4O. The quantitative estimate of drug-likeness (QED) is 0.752. The van der Waals surface area contributed by atoms with Crippen LogP contribution in [0.3, 0.4) is 0 Å². The standard InChI is InChI=1S/C13H24N4O/c1-5-17(7-8-18-6-2)13-11(10(3)4)12(14)15-9-16-13/h9-10H,5-8H2,1-4H3,(H2,14,15,16). The Balaban J connectivity index is 2.94. The fraction of sp³-hybridized carbons (Fsp3) is 0.692. The number of likely N-dealkylation sites (N-methyl/N-ethyl adjacent to an activating group) is 1. The molecule has 5 heteroatoms. The van der Waals surface area contributed by atoms with Crippen LogP contribution in [0.15, 0.2) is 6.33 Å². The average molecular weight is 252 g/mol. The third-order valence-electron chi connectivity index (χ3n) is 2.86. The van der Waals surface area contributed by atoms with E-state index in [1.807, 2.05) is 6.92 Å². The molecule has 0 saturated heterocycles. The maximum Gasteiger partial charge on any atom is 0.137 e. The maximum absolute atomic E-state index is 5.96. The van der Waals surface area contributed by atoms with Gasteiger partial charge in [0.2, 0.25) is 0 Å². The van der Waals surface area contributed by atoms with Crippen LogP contribution in [0.25, 0.3) is 0 Å². The van der Waals surface area contributed by atoms with Crippen LogP contribution < -0.4 is 10.6 Å². The van der Waals surface area contributed by atoms with E-state index in [1.54, 1.807) is 0 Å². The van der Waals surface area contributed by atoms with Gasteiger partial charge >= 0.3 is 0 Å². The van der Waals surface area contributed by atoms with Crippen molar-refractivity contribution in [2.24, 2.45) is 0 Å². The van der Waals surface area contributed by atoms with Crippen molar-refractivity contribution < 1.29 is 4.74 Å². The van der Waals surface area contributed by atoms with Gasteiger partial charge in [0.25, 0.3) is 0 Å². The van der Waals surface area contributed by atoms with Gasteiger partial charge in [-0.15, -0.1) is 0 Å². The van der Waals surface area contributed by atoms with Crippen molar-refractivity contribution in [3.8, 4) is 0 Å². The summed E-state index contributed by atoms with van der Waals surface area (Å²) in [7, 11) is 0. The molecule has 0 aromatic carbocycles. The first kappa shape index (κ1) is 14.7. The molecule has 0 atom stereocenters. The smallest absolute Gasteiger partial charge is 0.137 e. The van der Waals surface area contributed by atoms with Crippen LogP contribution in [-0.2, 0) is 4.74 Å². The lowest BCUT2D eigenvalue weighted by atomic mass is 10.0. The molecule has 0 aliphatic heterocycles. The summed E-state index contributed by atoms with van der Waals surface area (Å²) in [6.45, 7) is 11.5. The van der Waals surface area contributed by atoms with E-state index in [0.717, 1.165) is 31.1 Å². The molecule has 0 radical (unpaired) electrons. The number of ether oxygens (including phenoxy) is 1. The Hall–Kier alpha value is -1.36. The minimum atomic E-state index is 0.308. The summed E-state index contributed by atoms with van der Waals surface area (Å²) < 4.78 is 5.40. The summed E-state index contributed by atoms with van der Waals surface area (Å²) in [5.74, 6) is 1.81. The Kier molecular flexibility index (Phi) is 5.85. The molecule has 0 spiro atoms. The molecular weight excluding hydrogens is 228 g/mol. The number of nitrogens with zero attached hydrogens (tertiary/aromatic N) is 3. The van der Waals surface area contributed by atoms with Crippen LogP contribution in [0.1, 0.15) is 39.2 Å². The summed E-state index contributed by atoms with van der Waals surface area (Å²) in [4.78, 5) is 10.7. The van der Waals surface area contributed by atoms with Crippen LogP contribution >= 0.6 is 0 Å². The molecule has 1 aromatic heterocycles. The van der Waals surface area contributed by atoms with Gasteiger partial charge in [0.15, 0.2) is 0 Å². The topological polar surface area (TPSA) is 64.3 Å². The lowest BCUT2D eigenvalue weighted by Gasteiger charge is -2.25. The molecule has 2 N–H and O–H groups in total. The van der Waals surface area contributed by atoms with Crippen molar-refractivity contribution in [3.05, 3.63) is 11.9 Å². The number of hydrogen-bond acceptors (Lipinski definition) is 5. The number of nitrogens with two attached hydrogens (primary N) is 1. The van der Waals surface area contributed by atoms with Crippen molar-refractivity contribution in [2.45, 2.75) is 33.6 Å². The zero-order chi connectivity index (χ0) is 13.5. The van der Waals surface area contributed by atoms with Crippen LogP contribution in [0, 0.1) is 0 Å². The van der Waals surface area contributed by atoms with Crippen molar-refractivity contribution in [1.82, 2.24) is 9.97 Å². The molecule has 1 aromatic rings. The number of anilines is 2. The van der Waals surface area contributed by atoms with Gasteiger partial charge < -0.3 is 15.4 Å². The molecule has 0 aliphatic rings. The molecule has 0 bridgehead atoms. The second kappa shape index (κ2) is 7.16. The Bertz CT molecular complexity index is 368. The van der Waals surface area contributed by atoms with Gasteiger partial charge in [-0.1, -0.05) is 13.8 Å². The highest BCUT2D eigenvalue weighted by molar-refractivity contribution is 5.58. The lowest BCUT2D eigenvalue weighted by Crippen LogP contribution is -2.29. The van der Waals surface area contributed by atoms with Crippen molar-refractivity contribution in [1.29, 1.82) is 0 Å². The molecule has 1 heterocycles. The summed E-state index contributed by atoms with van der Waals surface area (Å²) in [5.41, 5.74) is 6.98. The van der Waals surface area contributed by atoms with E-state index in [2.05, 4.69) is 35.6 Å². The van der Waals surface area contributed by atoms with Crippen LogP contribution in [0.4, 0.5) is 11.6 Å². The predicted octanol–water partition coefficient (Wildman–Crippen LogP) is 2.04. The van der Waals surface area contributed by atoms with E-state index >= 15 is 0 Å². The van der Waals surface area contributed by atoms with Gasteiger partial charge in [0.1, 0.15) is 18.0 Å². The van der Waals surface area contributed by atoms with Crippen molar-refractivity contribution in [3.63, 3.8) is 0 Å². The first-order valence-electron chi connectivity index (χ1n) is 6.54. The molecule has 0 aliphatic carbocycles. The van der Waals surface area contributed by atoms with Gasteiger partial charge in [-0.2, -0.15) is 0 Å². The van der Waals surface area contributed by atoms with E-state index in [4.69, 9.17) is 10.5 Å². The fourth-order valence-corrected chi connectivity index (χ4v) is 1.94. The third kappa shape index (κ3) is 3.57. The Labute approximate surface area is 109 Å². The molecule has 102 valence electrons. The number of aromatic nitrogens is 2. The zero-order valence-corrected chi connectivity index (χ0v) is 11.8. The summed E-state index contributed by atoms with van der Waals surface area (Å²) in [6.07, 6.45) is 1.53. The van der Waals surface area contributed by atoms with Gasteiger partial charge in [0, 0.05) is 25.3 Å². The SMILES string of the molecule is CCOCCN(CC)c1ncnc(N)c1C(C)C. The fourth-order valence-electron chi connectivity index (χ4n) is 1.94. The summed E-state index contributed by atoms with van der Waals surface area (Å²) in [6, 6.07) is 0. The molecule has 1 rings (SSSR count). The molecule has 0 fully saturated rings. The van der Waals surface area contributed by atoms with E-state index < -0.39 is 0 Å². The highest BCUT2D eigenvalue weighted by Gasteiger charge is 2.17. The first-order chi connectivity index (χ1) is 8.61. The second-order valence-corrected chi connectivity index (χ2v) is 4.43. The number of rotatable bonds is 7. The molecule has 0 saturated carbocycles. The van der Waals surface area contributed by atoms with Crippen LogP contribution in [0.2, 0.25) is 0 Å². The Morgan fingerprint density at radius 2 is 2.06 bits per heavy atom. The normalized spacial score (nSPS) is 10.9. The number of nitrogen functional groups attached to an aromatic ring is 1. The summed E-state index contributed by atoms with van der Waals surface area (Å²) in [5, 5.41) is 0. The zero-order valence-electron chi connectivity index (χ0n) is 11.8. The Morgan fingerprint density at radius 3 is 2.61 bits per heavy atom. The minimum Gasteiger partial charge on any atom is -0.383 e. The van der Waals surface area contributed by atoms with E-state index in [9.17, 15) is 0 Å². The average Bonchev–Trinajstić information content (AvgIpc) is 2.34. The van der Waals surface area contributed by atoms with E-state index in [-0.39, 0.29) is 0 Å². The Morgan fingerprint density at radius 1 is 1.33 bits per heavy atom. The third-order valence-corrected chi connectivity index (χ3v) is 2.86. The van der Waals surface area contributed by atoms with Crippen LogP contribution in [0.5, 0.6) is 0 Å². The largest absolute Gasteiger partial charge is 0.383 e. The molecule has 5 nitrogen and oxygen atoms in total. The lowest BCUT2D eigenvalue weighted by molar-refractivity contribution is 0.154. The maximum atomic E-state index is 5.96. The van der Waals surface area contributed by atoms with Crippen molar-refractivity contribution in [2.75, 3.05) is 36.9 Å². The van der Waals surface area contributed by atoms with Crippen molar-refractivity contribution >= 4 is 11.6 Å². The molecule has 0 unspecified atom stereocenters. The molecule has 18 heavy (non-hydrogen) atoms. The minimum absolute atomic E-state index is 0.308. The predicted molar refractivity (Wildman–Crippen MR) is 74.9 cm³/mol. The van der Waals surface area contributed by atoms with Gasteiger partial charge in [-0.3, -0.25) is 0 Å². The van der Waals surface area contributed by atoms with E-state index in [1.165, 1.54) is 6.33 Å². The van der Waals surface area contributed by atoms with Gasteiger partial charge in [-0.05, 0) is 19.8 Å². The summed E-state index contributed by atoms with van der Waals surface area (Å²) >= 11 is 0. The van der Waals surface area contributed by atoms with Gasteiger partial charge in [-0.25, -0.2) is 9.97 Å². The monoisotopic (exact) mass is 252 g/mol. The van der Waals surface area contributed by atoms with Gasteiger partial charge in [0.05, 0.1) is 6.61 Å². The molecule has 0 amide bonds. The highest BCUT2D eigenvalue weighted by Crippen LogP contribution is 2.28. The second-order valence-electron chi connectivity index (χ2n) is 4.43. The number of hydrogen-bond donors (Lipinski definition) is 1. The first-order valence-corrected chi connectivity index (χ1v) is 6.54. The highest BCUT2D eigenvalue weighted by atomic mass is 16.5. The van der Waals surface area contributed by atoms with E-state index in [0.29, 0.717) is 18.3 Å².